The first-order valence-corrected chi connectivity index (χ1v) is 8.57. The molecule has 2 aliphatic heterocycles. The zero-order valence-electron chi connectivity index (χ0n) is 13.6. The van der Waals surface area contributed by atoms with Crippen LogP contribution in [0.1, 0.15) is 24.3 Å². The summed E-state index contributed by atoms with van der Waals surface area (Å²) in [6.07, 6.45) is 1.95. The summed E-state index contributed by atoms with van der Waals surface area (Å²) in [5.74, 6) is 0.624. The Bertz CT molecular complexity index is 480. The Morgan fingerprint density at radius 3 is 2.65 bits per heavy atom. The van der Waals surface area contributed by atoms with Gasteiger partial charge in [0, 0.05) is 13.1 Å². The van der Waals surface area contributed by atoms with Crippen LogP contribution in [0.4, 0.5) is 0 Å². The average molecular weight is 318 g/mol. The van der Waals surface area contributed by atoms with Crippen LogP contribution in [-0.2, 0) is 14.3 Å². The number of carbonyl (C=O) groups is 1. The number of piperidine rings is 1. The molecule has 2 fully saturated rings. The van der Waals surface area contributed by atoms with Crippen molar-refractivity contribution in [3.05, 3.63) is 35.9 Å². The minimum absolute atomic E-state index is 0.0520. The van der Waals surface area contributed by atoms with Gasteiger partial charge in [-0.1, -0.05) is 30.3 Å². The fourth-order valence-electron chi connectivity index (χ4n) is 3.31. The van der Waals surface area contributed by atoms with Gasteiger partial charge in [-0.3, -0.25) is 4.79 Å². The van der Waals surface area contributed by atoms with Crippen molar-refractivity contribution in [2.75, 3.05) is 46.0 Å². The van der Waals surface area contributed by atoms with Crippen molar-refractivity contribution in [3.8, 4) is 0 Å². The van der Waals surface area contributed by atoms with Crippen LogP contribution in [-0.4, -0.2) is 62.9 Å². The van der Waals surface area contributed by atoms with Crippen molar-refractivity contribution in [1.82, 2.24) is 10.2 Å². The standard InChI is InChI=1S/C18H26N2O3/c21-18(17-14-22-12-13-23-17)19-8-11-20-9-6-16(7-10-20)15-4-2-1-3-5-15/h1-5,16-17H,6-14H2,(H,19,21)/t17-/m1/s1. The molecule has 1 N–H and O–H groups in total. The maximum Gasteiger partial charge on any atom is 0.251 e. The van der Waals surface area contributed by atoms with Crippen molar-refractivity contribution in [3.63, 3.8) is 0 Å². The largest absolute Gasteiger partial charge is 0.376 e. The van der Waals surface area contributed by atoms with Crippen LogP contribution >= 0.6 is 0 Å². The third-order valence-electron chi connectivity index (χ3n) is 4.69. The molecular formula is C18H26N2O3. The lowest BCUT2D eigenvalue weighted by molar-refractivity contribution is -0.147. The molecule has 0 saturated carbocycles. The summed E-state index contributed by atoms with van der Waals surface area (Å²) in [7, 11) is 0. The van der Waals surface area contributed by atoms with Crippen LogP contribution in [0.3, 0.4) is 0 Å². The van der Waals surface area contributed by atoms with E-state index in [1.165, 1.54) is 18.4 Å². The van der Waals surface area contributed by atoms with Crippen molar-refractivity contribution >= 4 is 5.91 Å². The van der Waals surface area contributed by atoms with Crippen LogP contribution in [0.25, 0.3) is 0 Å². The summed E-state index contributed by atoms with van der Waals surface area (Å²) < 4.78 is 10.7. The molecule has 1 atom stereocenters. The summed E-state index contributed by atoms with van der Waals surface area (Å²) in [6, 6.07) is 10.8. The van der Waals surface area contributed by atoms with Gasteiger partial charge >= 0.3 is 0 Å². The third kappa shape index (κ3) is 4.77. The second-order valence-corrected chi connectivity index (χ2v) is 6.25. The number of benzene rings is 1. The molecule has 1 aromatic carbocycles. The Morgan fingerprint density at radius 1 is 1.17 bits per heavy atom. The van der Waals surface area contributed by atoms with E-state index >= 15 is 0 Å². The van der Waals surface area contributed by atoms with E-state index in [1.807, 2.05) is 0 Å². The van der Waals surface area contributed by atoms with Gasteiger partial charge < -0.3 is 19.7 Å². The Morgan fingerprint density at radius 2 is 1.96 bits per heavy atom. The monoisotopic (exact) mass is 318 g/mol. The van der Waals surface area contributed by atoms with E-state index in [0.717, 1.165) is 19.6 Å². The minimum atomic E-state index is -0.437. The van der Waals surface area contributed by atoms with E-state index in [-0.39, 0.29) is 5.91 Å². The Hall–Kier alpha value is -1.43. The molecule has 0 bridgehead atoms. The molecule has 0 aliphatic carbocycles. The topological polar surface area (TPSA) is 50.8 Å². The first kappa shape index (κ1) is 16.4. The number of amides is 1. The van der Waals surface area contributed by atoms with Gasteiger partial charge in [0.05, 0.1) is 19.8 Å². The third-order valence-corrected chi connectivity index (χ3v) is 4.69. The molecule has 0 unspecified atom stereocenters. The zero-order chi connectivity index (χ0) is 15.9. The quantitative estimate of drug-likeness (QED) is 0.891. The van der Waals surface area contributed by atoms with Gasteiger partial charge in [0.25, 0.3) is 5.91 Å². The number of hydrogen-bond donors (Lipinski definition) is 1. The Kier molecular flexibility index (Phi) is 6.02. The average Bonchev–Trinajstić information content (AvgIpc) is 2.64. The van der Waals surface area contributed by atoms with E-state index in [9.17, 15) is 4.79 Å². The lowest BCUT2D eigenvalue weighted by Crippen LogP contribution is -2.45. The molecule has 2 heterocycles. The van der Waals surface area contributed by atoms with Crippen LogP contribution in [0.5, 0.6) is 0 Å². The molecule has 0 radical (unpaired) electrons. The molecule has 1 amide bonds. The first-order valence-electron chi connectivity index (χ1n) is 8.57. The number of nitrogens with one attached hydrogen (secondary N) is 1. The van der Waals surface area contributed by atoms with Crippen molar-refractivity contribution < 1.29 is 14.3 Å². The van der Waals surface area contributed by atoms with Gasteiger partial charge in [-0.2, -0.15) is 0 Å². The lowest BCUT2D eigenvalue weighted by atomic mass is 9.89. The fourth-order valence-corrected chi connectivity index (χ4v) is 3.31. The Balaban J connectivity index is 1.34. The molecule has 126 valence electrons. The number of ether oxygens (including phenoxy) is 2. The summed E-state index contributed by atoms with van der Waals surface area (Å²) in [6.45, 7) is 5.23. The maximum absolute atomic E-state index is 11.9. The van der Waals surface area contributed by atoms with Crippen LogP contribution in [0.2, 0.25) is 0 Å². The van der Waals surface area contributed by atoms with Gasteiger partial charge in [0.15, 0.2) is 6.10 Å². The van der Waals surface area contributed by atoms with Gasteiger partial charge in [0.2, 0.25) is 0 Å². The predicted molar refractivity (Wildman–Crippen MR) is 88.4 cm³/mol. The van der Waals surface area contributed by atoms with E-state index in [0.29, 0.717) is 32.3 Å². The fraction of sp³-hybridized carbons (Fsp3) is 0.611. The van der Waals surface area contributed by atoms with E-state index < -0.39 is 6.10 Å². The van der Waals surface area contributed by atoms with Crippen molar-refractivity contribution in [2.24, 2.45) is 0 Å². The van der Waals surface area contributed by atoms with Gasteiger partial charge in [-0.05, 0) is 37.4 Å². The van der Waals surface area contributed by atoms with Crippen molar-refractivity contribution in [2.45, 2.75) is 24.9 Å². The minimum Gasteiger partial charge on any atom is -0.376 e. The summed E-state index contributed by atoms with van der Waals surface area (Å²) in [5, 5.41) is 2.96. The number of rotatable bonds is 5. The molecule has 2 aliphatic rings. The molecule has 3 rings (SSSR count). The second-order valence-electron chi connectivity index (χ2n) is 6.25. The van der Waals surface area contributed by atoms with Crippen LogP contribution in [0, 0.1) is 0 Å². The zero-order valence-corrected chi connectivity index (χ0v) is 13.6. The predicted octanol–water partition coefficient (Wildman–Crippen LogP) is 1.40. The van der Waals surface area contributed by atoms with E-state index in [2.05, 4.69) is 40.5 Å². The summed E-state index contributed by atoms with van der Waals surface area (Å²) >= 11 is 0. The molecule has 0 aromatic heterocycles. The molecular weight excluding hydrogens is 292 g/mol. The highest BCUT2D eigenvalue weighted by molar-refractivity contribution is 5.80. The highest BCUT2D eigenvalue weighted by Gasteiger charge is 2.23. The van der Waals surface area contributed by atoms with Gasteiger partial charge in [-0.15, -0.1) is 0 Å². The molecule has 2 saturated heterocycles. The Labute approximate surface area is 137 Å². The smallest absolute Gasteiger partial charge is 0.251 e. The van der Waals surface area contributed by atoms with E-state index in [1.54, 1.807) is 0 Å². The number of hydrogen-bond acceptors (Lipinski definition) is 4. The molecule has 0 spiro atoms. The molecule has 5 heteroatoms. The van der Waals surface area contributed by atoms with Crippen LogP contribution < -0.4 is 5.32 Å². The second kappa shape index (κ2) is 8.43. The normalized spacial score (nSPS) is 23.6. The van der Waals surface area contributed by atoms with Gasteiger partial charge in [-0.25, -0.2) is 0 Å². The number of likely N-dealkylation sites (tertiary alicyclic amines) is 1. The molecule has 23 heavy (non-hydrogen) atoms. The molecule has 1 aromatic rings. The molecule has 5 nitrogen and oxygen atoms in total. The highest BCUT2D eigenvalue weighted by atomic mass is 16.6. The first-order chi connectivity index (χ1) is 11.3. The lowest BCUT2D eigenvalue weighted by Gasteiger charge is -2.32. The number of carbonyl (C=O) groups excluding carboxylic acids is 1. The summed E-state index contributed by atoms with van der Waals surface area (Å²) in [4.78, 5) is 14.4. The highest BCUT2D eigenvalue weighted by Crippen LogP contribution is 2.27. The SMILES string of the molecule is O=C(NCCN1CCC(c2ccccc2)CC1)[C@H]1COCCO1. The maximum atomic E-state index is 11.9. The summed E-state index contributed by atoms with van der Waals surface area (Å²) in [5.41, 5.74) is 1.45. The van der Waals surface area contributed by atoms with Crippen LogP contribution in [0.15, 0.2) is 30.3 Å². The van der Waals surface area contributed by atoms with Gasteiger partial charge in [0.1, 0.15) is 0 Å². The van der Waals surface area contributed by atoms with Crippen molar-refractivity contribution in [1.29, 1.82) is 0 Å². The van der Waals surface area contributed by atoms with E-state index in [4.69, 9.17) is 9.47 Å². The number of nitrogens with zero attached hydrogens (tertiary/aromatic N) is 1.